The zero-order chi connectivity index (χ0) is 11.4. The van der Waals surface area contributed by atoms with E-state index in [0.29, 0.717) is 5.92 Å². The molecule has 1 heteroatoms. The topological polar surface area (TPSA) is 3.24 Å². The summed E-state index contributed by atoms with van der Waals surface area (Å²) in [6.45, 7) is 7.96. The molecule has 1 aliphatic carbocycles. The van der Waals surface area contributed by atoms with E-state index in [0.717, 1.165) is 5.92 Å². The molecule has 0 aromatic carbocycles. The van der Waals surface area contributed by atoms with Crippen molar-refractivity contribution in [3.8, 4) is 11.8 Å². The normalized spacial score (nSPS) is 27.4. The van der Waals surface area contributed by atoms with E-state index in [1.54, 1.807) is 5.57 Å². The van der Waals surface area contributed by atoms with Crippen LogP contribution in [0.3, 0.4) is 0 Å². The first-order valence-electron chi connectivity index (χ1n) is 6.58. The third-order valence-electron chi connectivity index (χ3n) is 3.84. The molecule has 0 aromatic heterocycles. The van der Waals surface area contributed by atoms with Gasteiger partial charge in [0.15, 0.2) is 0 Å². The summed E-state index contributed by atoms with van der Waals surface area (Å²) in [5, 5.41) is 0. The summed E-state index contributed by atoms with van der Waals surface area (Å²) in [6.07, 6.45) is 7.82. The lowest BCUT2D eigenvalue weighted by Gasteiger charge is -2.38. The van der Waals surface area contributed by atoms with Crippen molar-refractivity contribution >= 4 is 0 Å². The summed E-state index contributed by atoms with van der Waals surface area (Å²) >= 11 is 0. The van der Waals surface area contributed by atoms with Gasteiger partial charge in [-0.25, -0.2) is 0 Å². The minimum Gasteiger partial charge on any atom is -0.301 e. The molecule has 1 saturated heterocycles. The molecule has 1 atom stereocenters. The second-order valence-electron chi connectivity index (χ2n) is 5.34. The fourth-order valence-electron chi connectivity index (χ4n) is 2.81. The molecule has 1 fully saturated rings. The van der Waals surface area contributed by atoms with Crippen LogP contribution >= 0.6 is 0 Å². The van der Waals surface area contributed by atoms with Gasteiger partial charge in [0.25, 0.3) is 0 Å². The lowest BCUT2D eigenvalue weighted by Crippen LogP contribution is -2.47. The highest BCUT2D eigenvalue weighted by Gasteiger charge is 2.27. The van der Waals surface area contributed by atoms with Gasteiger partial charge in [0, 0.05) is 25.6 Å². The van der Waals surface area contributed by atoms with Crippen molar-refractivity contribution in [3.05, 3.63) is 11.6 Å². The molecule has 0 bridgehead atoms. The predicted molar refractivity (Wildman–Crippen MR) is 69.1 cm³/mol. The van der Waals surface area contributed by atoms with Crippen LogP contribution < -0.4 is 0 Å². The van der Waals surface area contributed by atoms with Crippen molar-refractivity contribution in [1.82, 2.24) is 4.90 Å². The van der Waals surface area contributed by atoms with Crippen LogP contribution in [-0.2, 0) is 0 Å². The van der Waals surface area contributed by atoms with Gasteiger partial charge in [-0.1, -0.05) is 17.6 Å². The lowest BCUT2D eigenvalue weighted by atomic mass is 9.94. The Labute approximate surface area is 99.9 Å². The molecule has 0 N–H and O–H groups in total. The van der Waals surface area contributed by atoms with Gasteiger partial charge in [-0.15, -0.1) is 5.92 Å². The van der Waals surface area contributed by atoms with Gasteiger partial charge in [-0.05, 0) is 45.4 Å². The summed E-state index contributed by atoms with van der Waals surface area (Å²) in [5.41, 5.74) is 1.60. The Morgan fingerprint density at radius 2 is 2.19 bits per heavy atom. The van der Waals surface area contributed by atoms with Gasteiger partial charge in [0.05, 0.1) is 0 Å². The van der Waals surface area contributed by atoms with Gasteiger partial charge >= 0.3 is 0 Å². The fraction of sp³-hybridized carbons (Fsp3) is 0.733. The van der Waals surface area contributed by atoms with Gasteiger partial charge in [-0.2, -0.15) is 0 Å². The molecule has 1 heterocycles. The number of allylic oxidation sites excluding steroid dienone is 2. The average molecular weight is 217 g/mol. The summed E-state index contributed by atoms with van der Waals surface area (Å²) in [7, 11) is 0. The van der Waals surface area contributed by atoms with E-state index in [4.69, 9.17) is 0 Å². The molecular formula is C15H23N. The van der Waals surface area contributed by atoms with Gasteiger partial charge in [-0.3, -0.25) is 0 Å². The number of likely N-dealkylation sites (tertiary alicyclic amines) is 1. The molecule has 1 unspecified atom stereocenters. The summed E-state index contributed by atoms with van der Waals surface area (Å²) in [4.78, 5) is 2.58. The molecule has 1 nitrogen and oxygen atoms in total. The molecule has 0 amide bonds. The molecule has 2 rings (SSSR count). The molecule has 2 aliphatic rings. The van der Waals surface area contributed by atoms with Crippen LogP contribution in [0, 0.1) is 23.7 Å². The molecule has 0 saturated carbocycles. The SMILES string of the molecule is CC#CC1CN(CC2CCC=C(C)CC2)C1. The standard InChI is InChI=1S/C15H23N/c1-3-5-15-11-16(12-15)10-14-7-4-6-13(2)8-9-14/h6,14-15H,4,7-12H2,1-2H3. The fourth-order valence-corrected chi connectivity index (χ4v) is 2.81. The van der Waals surface area contributed by atoms with Crippen molar-refractivity contribution in [1.29, 1.82) is 0 Å². The second-order valence-corrected chi connectivity index (χ2v) is 5.34. The van der Waals surface area contributed by atoms with E-state index in [-0.39, 0.29) is 0 Å². The maximum atomic E-state index is 3.27. The van der Waals surface area contributed by atoms with E-state index in [9.17, 15) is 0 Å². The number of nitrogens with zero attached hydrogens (tertiary/aromatic N) is 1. The van der Waals surface area contributed by atoms with Crippen LogP contribution in [-0.4, -0.2) is 24.5 Å². The molecule has 0 aromatic rings. The Bertz CT molecular complexity index is 312. The third kappa shape index (κ3) is 3.12. The van der Waals surface area contributed by atoms with Gasteiger partial charge < -0.3 is 4.90 Å². The van der Waals surface area contributed by atoms with E-state index in [1.807, 2.05) is 6.92 Å². The predicted octanol–water partition coefficient (Wildman–Crippen LogP) is 3.08. The molecule has 88 valence electrons. The first-order valence-corrected chi connectivity index (χ1v) is 6.58. The Morgan fingerprint density at radius 3 is 2.94 bits per heavy atom. The van der Waals surface area contributed by atoms with E-state index in [2.05, 4.69) is 29.7 Å². The van der Waals surface area contributed by atoms with Crippen LogP contribution in [0.2, 0.25) is 0 Å². The second kappa shape index (κ2) is 5.55. The van der Waals surface area contributed by atoms with Crippen molar-refractivity contribution in [3.63, 3.8) is 0 Å². The summed E-state index contributed by atoms with van der Waals surface area (Å²) in [6, 6.07) is 0. The van der Waals surface area contributed by atoms with Crippen LogP contribution in [0.5, 0.6) is 0 Å². The zero-order valence-electron chi connectivity index (χ0n) is 10.6. The largest absolute Gasteiger partial charge is 0.301 e. The van der Waals surface area contributed by atoms with E-state index < -0.39 is 0 Å². The van der Waals surface area contributed by atoms with Gasteiger partial charge in [0.1, 0.15) is 0 Å². The quantitative estimate of drug-likeness (QED) is 0.507. The summed E-state index contributed by atoms with van der Waals surface area (Å²) < 4.78 is 0. The lowest BCUT2D eigenvalue weighted by molar-refractivity contribution is 0.109. The third-order valence-corrected chi connectivity index (χ3v) is 3.84. The number of hydrogen-bond donors (Lipinski definition) is 0. The van der Waals surface area contributed by atoms with Crippen molar-refractivity contribution in [2.24, 2.45) is 11.8 Å². The molecule has 1 aliphatic heterocycles. The van der Waals surface area contributed by atoms with Crippen molar-refractivity contribution in [2.45, 2.75) is 39.5 Å². The Kier molecular flexibility index (Phi) is 4.07. The Hall–Kier alpha value is -0.740. The highest BCUT2D eigenvalue weighted by Crippen LogP contribution is 2.26. The monoisotopic (exact) mass is 217 g/mol. The van der Waals surface area contributed by atoms with Crippen molar-refractivity contribution in [2.75, 3.05) is 19.6 Å². The van der Waals surface area contributed by atoms with Crippen molar-refractivity contribution < 1.29 is 0 Å². The number of hydrogen-bond acceptors (Lipinski definition) is 1. The van der Waals surface area contributed by atoms with Crippen LogP contribution in [0.1, 0.15) is 39.5 Å². The minimum absolute atomic E-state index is 0.663. The number of rotatable bonds is 2. The Balaban J connectivity index is 1.69. The van der Waals surface area contributed by atoms with E-state index in [1.165, 1.54) is 45.3 Å². The van der Waals surface area contributed by atoms with Crippen LogP contribution in [0.15, 0.2) is 11.6 Å². The van der Waals surface area contributed by atoms with Gasteiger partial charge in [0.2, 0.25) is 0 Å². The summed E-state index contributed by atoms with van der Waals surface area (Å²) in [5.74, 6) is 7.87. The molecule has 16 heavy (non-hydrogen) atoms. The van der Waals surface area contributed by atoms with Crippen LogP contribution in [0.4, 0.5) is 0 Å². The minimum atomic E-state index is 0.663. The molecule has 0 spiro atoms. The first kappa shape index (κ1) is 11.7. The molecular weight excluding hydrogens is 194 g/mol. The Morgan fingerprint density at radius 1 is 1.38 bits per heavy atom. The maximum Gasteiger partial charge on any atom is 0.0457 e. The highest BCUT2D eigenvalue weighted by atomic mass is 15.2. The smallest absolute Gasteiger partial charge is 0.0457 e. The maximum absolute atomic E-state index is 3.27. The highest BCUT2D eigenvalue weighted by molar-refractivity contribution is 5.07. The molecule has 0 radical (unpaired) electrons. The zero-order valence-corrected chi connectivity index (χ0v) is 10.6. The van der Waals surface area contributed by atoms with Crippen LogP contribution in [0.25, 0.3) is 0 Å². The first-order chi connectivity index (χ1) is 7.78. The van der Waals surface area contributed by atoms with E-state index >= 15 is 0 Å². The average Bonchev–Trinajstić information content (AvgIpc) is 2.41.